The normalized spacial score (nSPS) is 43.3. The van der Waals surface area contributed by atoms with Crippen LogP contribution in [0.5, 0.6) is 0 Å². The van der Waals surface area contributed by atoms with Gasteiger partial charge in [-0.3, -0.25) is 0 Å². The van der Waals surface area contributed by atoms with Crippen molar-refractivity contribution in [3.63, 3.8) is 0 Å². The van der Waals surface area contributed by atoms with E-state index in [1.165, 1.54) is 12.0 Å². The van der Waals surface area contributed by atoms with Gasteiger partial charge in [-0.05, 0) is 35.2 Å². The van der Waals surface area contributed by atoms with Gasteiger partial charge in [0.25, 0.3) is 0 Å². The smallest absolute Gasteiger partial charge is 0.0644 e. The van der Waals surface area contributed by atoms with Crippen LogP contribution in [-0.4, -0.2) is 11.7 Å². The molecule has 1 N–H and O–H groups in total. The van der Waals surface area contributed by atoms with E-state index < -0.39 is 0 Å². The minimum Gasteiger partial charge on any atom is -0.392 e. The summed E-state index contributed by atoms with van der Waals surface area (Å²) in [5.74, 6) is 2.20. The zero-order chi connectivity index (χ0) is 8.93. The summed E-state index contributed by atoms with van der Waals surface area (Å²) < 4.78 is 0. The monoisotopic (exact) mass is 166 g/mol. The van der Waals surface area contributed by atoms with E-state index in [0.717, 1.165) is 5.92 Å². The summed E-state index contributed by atoms with van der Waals surface area (Å²) in [6, 6.07) is 0. The summed E-state index contributed by atoms with van der Waals surface area (Å²) >= 11 is 0. The molecule has 3 atom stereocenters. The van der Waals surface area contributed by atoms with Crippen LogP contribution in [0.2, 0.25) is 0 Å². The number of rotatable bonds is 1. The molecule has 0 aromatic heterocycles. The number of allylic oxidation sites excluding steroid dienone is 1. The van der Waals surface area contributed by atoms with Crippen molar-refractivity contribution in [3.05, 3.63) is 11.6 Å². The highest BCUT2D eigenvalue weighted by Crippen LogP contribution is 2.60. The molecule has 3 aliphatic rings. The summed E-state index contributed by atoms with van der Waals surface area (Å²) in [6.45, 7) is 7.22. The number of fused-ring (bicyclic) bond motifs is 1. The molecule has 1 saturated carbocycles. The first-order valence-corrected chi connectivity index (χ1v) is 4.88. The first kappa shape index (κ1) is 8.31. The van der Waals surface area contributed by atoms with E-state index in [9.17, 15) is 0 Å². The second-order valence-electron chi connectivity index (χ2n) is 4.97. The van der Waals surface area contributed by atoms with Crippen LogP contribution >= 0.6 is 0 Å². The molecule has 3 aliphatic carbocycles. The van der Waals surface area contributed by atoms with E-state index >= 15 is 0 Å². The third-order valence-electron chi connectivity index (χ3n) is 4.09. The van der Waals surface area contributed by atoms with Crippen LogP contribution in [0.15, 0.2) is 11.6 Å². The lowest BCUT2D eigenvalue weighted by atomic mass is 9.46. The fourth-order valence-corrected chi connectivity index (χ4v) is 3.21. The van der Waals surface area contributed by atoms with Crippen molar-refractivity contribution in [1.29, 1.82) is 0 Å². The molecule has 0 aromatic rings. The van der Waals surface area contributed by atoms with Gasteiger partial charge in [-0.15, -0.1) is 0 Å². The first-order valence-electron chi connectivity index (χ1n) is 4.88. The topological polar surface area (TPSA) is 20.2 Å². The Morgan fingerprint density at radius 2 is 2.25 bits per heavy atom. The quantitative estimate of drug-likeness (QED) is 0.592. The molecule has 0 amide bonds. The molecule has 0 radical (unpaired) electrons. The fraction of sp³-hybridized carbons (Fsp3) is 0.818. The lowest BCUT2D eigenvalue weighted by Gasteiger charge is -2.58. The van der Waals surface area contributed by atoms with E-state index in [1.54, 1.807) is 0 Å². The van der Waals surface area contributed by atoms with Gasteiger partial charge in [0.15, 0.2) is 0 Å². The second-order valence-corrected chi connectivity index (χ2v) is 4.97. The van der Waals surface area contributed by atoms with Crippen LogP contribution in [-0.2, 0) is 0 Å². The maximum absolute atomic E-state index is 9.17. The van der Waals surface area contributed by atoms with E-state index in [4.69, 9.17) is 5.11 Å². The zero-order valence-electron chi connectivity index (χ0n) is 8.17. The van der Waals surface area contributed by atoms with E-state index in [-0.39, 0.29) is 6.61 Å². The van der Waals surface area contributed by atoms with Crippen molar-refractivity contribution in [2.45, 2.75) is 27.2 Å². The number of hydrogen-bond donors (Lipinski definition) is 1. The van der Waals surface area contributed by atoms with Gasteiger partial charge in [0.2, 0.25) is 0 Å². The second kappa shape index (κ2) is 2.35. The van der Waals surface area contributed by atoms with Crippen molar-refractivity contribution >= 4 is 0 Å². The molecular formula is C11H18O. The Kier molecular flexibility index (Phi) is 1.63. The van der Waals surface area contributed by atoms with E-state index in [1.807, 2.05) is 0 Å². The van der Waals surface area contributed by atoms with Crippen molar-refractivity contribution in [2.75, 3.05) is 6.61 Å². The molecule has 1 fully saturated rings. The van der Waals surface area contributed by atoms with E-state index in [0.29, 0.717) is 17.3 Å². The van der Waals surface area contributed by atoms with Gasteiger partial charge in [0.05, 0.1) is 6.61 Å². The molecule has 0 saturated heterocycles. The minimum absolute atomic E-state index is 0.269. The van der Waals surface area contributed by atoms with Crippen LogP contribution in [0.3, 0.4) is 0 Å². The van der Waals surface area contributed by atoms with Gasteiger partial charge >= 0.3 is 0 Å². The molecule has 2 bridgehead atoms. The third-order valence-corrected chi connectivity index (χ3v) is 4.09. The third kappa shape index (κ3) is 0.832. The summed E-state index contributed by atoms with van der Waals surface area (Å²) in [6.07, 6.45) is 3.59. The van der Waals surface area contributed by atoms with Gasteiger partial charge in [0, 0.05) is 0 Å². The average Bonchev–Trinajstić information content (AvgIpc) is 2.02. The Balaban J connectivity index is 2.30. The molecule has 12 heavy (non-hydrogen) atoms. The molecule has 0 aromatic carbocycles. The number of hydrogen-bond acceptors (Lipinski definition) is 1. The van der Waals surface area contributed by atoms with Gasteiger partial charge in [-0.2, -0.15) is 0 Å². The average molecular weight is 166 g/mol. The van der Waals surface area contributed by atoms with Crippen LogP contribution in [0.25, 0.3) is 0 Å². The Morgan fingerprint density at radius 1 is 1.58 bits per heavy atom. The summed E-state index contributed by atoms with van der Waals surface area (Å²) in [7, 11) is 0. The molecule has 68 valence electrons. The highest BCUT2D eigenvalue weighted by molar-refractivity contribution is 5.25. The first-order chi connectivity index (χ1) is 5.57. The standard InChI is InChI=1S/C11H18O/c1-7-4-8(6-12)10-5-9(7)11(10,2)3/h4,7,9-10,12H,5-6H2,1-3H3. The lowest BCUT2D eigenvalue weighted by Crippen LogP contribution is -2.51. The van der Waals surface area contributed by atoms with Crippen molar-refractivity contribution < 1.29 is 5.11 Å². The van der Waals surface area contributed by atoms with Crippen LogP contribution < -0.4 is 0 Å². The molecular weight excluding hydrogens is 148 g/mol. The molecule has 1 nitrogen and oxygen atoms in total. The highest BCUT2D eigenvalue weighted by Gasteiger charge is 2.53. The van der Waals surface area contributed by atoms with Crippen LogP contribution in [0, 0.1) is 23.2 Å². The molecule has 3 unspecified atom stereocenters. The number of aliphatic hydroxyl groups is 1. The van der Waals surface area contributed by atoms with Gasteiger partial charge in [-0.25, -0.2) is 0 Å². The Morgan fingerprint density at radius 3 is 2.67 bits per heavy atom. The number of aliphatic hydroxyl groups excluding tert-OH is 1. The Bertz CT molecular complexity index is 227. The summed E-state index contributed by atoms with van der Waals surface area (Å²) in [5.41, 5.74) is 1.74. The van der Waals surface area contributed by atoms with E-state index in [2.05, 4.69) is 26.8 Å². The molecule has 0 aliphatic heterocycles. The molecule has 0 spiro atoms. The SMILES string of the molecule is CC1C=C(CO)C2CC1C2(C)C. The Hall–Kier alpha value is -0.300. The summed E-state index contributed by atoms with van der Waals surface area (Å²) in [4.78, 5) is 0. The highest BCUT2D eigenvalue weighted by atomic mass is 16.3. The maximum atomic E-state index is 9.17. The molecule has 3 rings (SSSR count). The minimum atomic E-state index is 0.269. The Labute approximate surface area is 74.5 Å². The van der Waals surface area contributed by atoms with Crippen molar-refractivity contribution in [1.82, 2.24) is 0 Å². The van der Waals surface area contributed by atoms with Gasteiger partial charge < -0.3 is 5.11 Å². The molecule has 0 heterocycles. The van der Waals surface area contributed by atoms with Crippen LogP contribution in [0.4, 0.5) is 0 Å². The van der Waals surface area contributed by atoms with Gasteiger partial charge in [0.1, 0.15) is 0 Å². The van der Waals surface area contributed by atoms with Gasteiger partial charge in [-0.1, -0.05) is 26.8 Å². The van der Waals surface area contributed by atoms with Crippen LogP contribution in [0.1, 0.15) is 27.2 Å². The molecule has 1 heteroatoms. The lowest BCUT2D eigenvalue weighted by molar-refractivity contribution is -0.0401. The summed E-state index contributed by atoms with van der Waals surface area (Å²) in [5, 5.41) is 9.17. The maximum Gasteiger partial charge on any atom is 0.0644 e. The predicted molar refractivity (Wildman–Crippen MR) is 49.7 cm³/mol. The zero-order valence-corrected chi connectivity index (χ0v) is 8.17. The largest absolute Gasteiger partial charge is 0.392 e. The van der Waals surface area contributed by atoms with Crippen molar-refractivity contribution in [3.8, 4) is 0 Å². The fourth-order valence-electron chi connectivity index (χ4n) is 3.21. The van der Waals surface area contributed by atoms with Crippen molar-refractivity contribution in [2.24, 2.45) is 23.2 Å². The predicted octanol–water partition coefficient (Wildman–Crippen LogP) is 2.22.